The minimum absolute atomic E-state index is 0. The molecule has 0 amide bonds. The molecule has 0 aromatic heterocycles. The number of unbranched alkanes of at least 4 members (excludes halogenated alkanes) is 6. The molecule has 0 aromatic carbocycles. The second kappa shape index (κ2) is 17.2. The Morgan fingerprint density at radius 2 is 1.68 bits per heavy atom. The first kappa shape index (κ1) is 27.0. The number of allylic oxidation sites excluding steroid dienone is 1. The molecule has 25 heavy (non-hydrogen) atoms. The van der Waals surface area contributed by atoms with Crippen molar-refractivity contribution >= 4 is 5.97 Å². The van der Waals surface area contributed by atoms with Crippen molar-refractivity contribution in [2.75, 3.05) is 0 Å². The number of hydrogen-bond donors (Lipinski definition) is 2. The zero-order valence-corrected chi connectivity index (χ0v) is 19.8. The van der Waals surface area contributed by atoms with Gasteiger partial charge in [-0.25, -0.2) is 0 Å². The molecule has 1 aliphatic rings. The maximum absolute atomic E-state index is 10.2. The molecular formula is C21H40O3Zn. The Morgan fingerprint density at radius 3 is 2.16 bits per heavy atom. The van der Waals surface area contributed by atoms with Crippen LogP contribution in [0.5, 0.6) is 0 Å². The summed E-state index contributed by atoms with van der Waals surface area (Å²) in [6, 6.07) is 0. The van der Waals surface area contributed by atoms with Crippen molar-refractivity contribution in [1.29, 1.82) is 0 Å². The van der Waals surface area contributed by atoms with E-state index in [-0.39, 0.29) is 25.6 Å². The molecule has 0 bridgehead atoms. The second-order valence-electron chi connectivity index (χ2n) is 7.74. The predicted octanol–water partition coefficient (Wildman–Crippen LogP) is 5.81. The van der Waals surface area contributed by atoms with Gasteiger partial charge in [-0.15, -0.1) is 6.58 Å². The van der Waals surface area contributed by atoms with Crippen LogP contribution in [0.4, 0.5) is 0 Å². The predicted molar refractivity (Wildman–Crippen MR) is 102 cm³/mol. The number of aliphatic carboxylic acids is 1. The summed E-state index contributed by atoms with van der Waals surface area (Å²) in [5.41, 5.74) is 0. The van der Waals surface area contributed by atoms with Crippen LogP contribution in [0, 0.1) is 17.8 Å². The second-order valence-corrected chi connectivity index (χ2v) is 7.74. The Balaban J connectivity index is 0. The summed E-state index contributed by atoms with van der Waals surface area (Å²) in [5, 5.41) is 18.1. The molecule has 0 aromatic rings. The van der Waals surface area contributed by atoms with E-state index in [1.807, 2.05) is 6.08 Å². The average molecular weight is 406 g/mol. The smallest absolute Gasteiger partial charge is 0.303 e. The van der Waals surface area contributed by atoms with Crippen molar-refractivity contribution < 1.29 is 34.5 Å². The summed E-state index contributed by atoms with van der Waals surface area (Å²) < 4.78 is 0. The van der Waals surface area contributed by atoms with E-state index in [4.69, 9.17) is 5.11 Å². The molecule has 0 spiro atoms. The van der Waals surface area contributed by atoms with E-state index in [9.17, 15) is 9.90 Å². The normalized spacial score (nSPS) is 22.5. The third kappa shape index (κ3) is 15.7. The quantitative estimate of drug-likeness (QED) is 0.273. The number of carbonyl (C=O) groups is 1. The Kier molecular flexibility index (Phi) is 18.6. The standard InChI is InChI=1S/C11H20O2.C10H20O.Zn/c1-2-3-4-5-6-7-8-9-10-11(12)13;1-7(2)9-5-4-8(3)6-10(9)11;/h2H,1,3-10H2,(H,12,13);7-11H,4-6H2,1-3H3;. The first-order chi connectivity index (χ1) is 11.4. The van der Waals surface area contributed by atoms with Gasteiger partial charge in [0.1, 0.15) is 0 Å². The fourth-order valence-electron chi connectivity index (χ4n) is 3.42. The maximum atomic E-state index is 10.2. The summed E-state index contributed by atoms with van der Waals surface area (Å²) in [5.74, 6) is 1.27. The minimum Gasteiger partial charge on any atom is -0.481 e. The molecule has 3 atom stereocenters. The van der Waals surface area contributed by atoms with Gasteiger partial charge in [-0.1, -0.05) is 59.0 Å². The van der Waals surface area contributed by atoms with Crippen LogP contribution in [-0.4, -0.2) is 22.3 Å². The van der Waals surface area contributed by atoms with Gasteiger partial charge in [0.2, 0.25) is 0 Å². The SMILES string of the molecule is C=CCCCCCCCCC(=O)O.CC1CCC(C(C)C)C(O)C1.[Zn]. The molecule has 1 rings (SSSR count). The van der Waals surface area contributed by atoms with Crippen LogP contribution in [0.15, 0.2) is 12.7 Å². The molecule has 0 aliphatic heterocycles. The molecule has 4 heteroatoms. The van der Waals surface area contributed by atoms with Crippen molar-refractivity contribution in [1.82, 2.24) is 0 Å². The van der Waals surface area contributed by atoms with Gasteiger partial charge in [0.25, 0.3) is 0 Å². The van der Waals surface area contributed by atoms with Gasteiger partial charge in [-0.3, -0.25) is 4.79 Å². The number of hydrogen-bond acceptors (Lipinski definition) is 2. The van der Waals surface area contributed by atoms with Crippen LogP contribution < -0.4 is 0 Å². The van der Waals surface area contributed by atoms with Gasteiger partial charge in [0.05, 0.1) is 6.10 Å². The summed E-state index contributed by atoms with van der Waals surface area (Å²) >= 11 is 0. The zero-order valence-electron chi connectivity index (χ0n) is 16.9. The summed E-state index contributed by atoms with van der Waals surface area (Å²) in [6.07, 6.45) is 13.7. The van der Waals surface area contributed by atoms with Crippen LogP contribution in [0.2, 0.25) is 0 Å². The number of carboxylic acids is 1. The van der Waals surface area contributed by atoms with Gasteiger partial charge in [-0.2, -0.15) is 0 Å². The average Bonchev–Trinajstić information content (AvgIpc) is 2.50. The van der Waals surface area contributed by atoms with Gasteiger partial charge >= 0.3 is 5.97 Å². The summed E-state index contributed by atoms with van der Waals surface area (Å²) in [7, 11) is 0. The molecule has 1 fully saturated rings. The maximum Gasteiger partial charge on any atom is 0.303 e. The molecule has 1 saturated carbocycles. The third-order valence-corrected chi connectivity index (χ3v) is 5.04. The van der Waals surface area contributed by atoms with Crippen LogP contribution in [0.1, 0.15) is 91.4 Å². The Morgan fingerprint density at radius 1 is 1.12 bits per heavy atom. The Labute approximate surface area is 168 Å². The van der Waals surface area contributed by atoms with E-state index < -0.39 is 5.97 Å². The van der Waals surface area contributed by atoms with E-state index in [2.05, 4.69) is 27.4 Å². The first-order valence-electron chi connectivity index (χ1n) is 9.89. The van der Waals surface area contributed by atoms with Crippen molar-refractivity contribution in [3.63, 3.8) is 0 Å². The Bertz CT molecular complexity index is 331. The third-order valence-electron chi connectivity index (χ3n) is 5.04. The van der Waals surface area contributed by atoms with E-state index in [1.165, 1.54) is 38.5 Å². The molecule has 3 nitrogen and oxygen atoms in total. The fourth-order valence-corrected chi connectivity index (χ4v) is 3.42. The van der Waals surface area contributed by atoms with Crippen LogP contribution in [-0.2, 0) is 24.3 Å². The fraction of sp³-hybridized carbons (Fsp3) is 0.857. The molecule has 0 saturated heterocycles. The van der Waals surface area contributed by atoms with Gasteiger partial charge in [0, 0.05) is 25.9 Å². The molecule has 0 radical (unpaired) electrons. The molecule has 0 heterocycles. The zero-order chi connectivity index (χ0) is 18.4. The Hall–Kier alpha value is -0.207. The van der Waals surface area contributed by atoms with Gasteiger partial charge in [0.15, 0.2) is 0 Å². The van der Waals surface area contributed by atoms with Crippen molar-refractivity contribution in [2.24, 2.45) is 17.8 Å². The summed E-state index contributed by atoms with van der Waals surface area (Å²) in [6.45, 7) is 10.3. The van der Waals surface area contributed by atoms with Crippen LogP contribution >= 0.6 is 0 Å². The van der Waals surface area contributed by atoms with E-state index in [0.717, 1.165) is 31.6 Å². The first-order valence-corrected chi connectivity index (χ1v) is 9.89. The largest absolute Gasteiger partial charge is 0.481 e. The molecule has 144 valence electrons. The number of aliphatic hydroxyl groups excluding tert-OH is 1. The van der Waals surface area contributed by atoms with Crippen molar-refractivity contribution in [3.8, 4) is 0 Å². The van der Waals surface area contributed by atoms with Crippen LogP contribution in [0.3, 0.4) is 0 Å². The van der Waals surface area contributed by atoms with Crippen LogP contribution in [0.25, 0.3) is 0 Å². The molecular weight excluding hydrogens is 366 g/mol. The van der Waals surface area contributed by atoms with Crippen molar-refractivity contribution in [3.05, 3.63) is 12.7 Å². The molecule has 2 N–H and O–H groups in total. The number of aliphatic hydroxyl groups is 1. The summed E-state index contributed by atoms with van der Waals surface area (Å²) in [4.78, 5) is 10.2. The van der Waals surface area contributed by atoms with E-state index >= 15 is 0 Å². The monoisotopic (exact) mass is 404 g/mol. The molecule has 1 aliphatic carbocycles. The topological polar surface area (TPSA) is 57.5 Å². The molecule has 3 unspecified atom stereocenters. The minimum atomic E-state index is -0.674. The van der Waals surface area contributed by atoms with Gasteiger partial charge in [-0.05, 0) is 49.9 Å². The van der Waals surface area contributed by atoms with E-state index in [1.54, 1.807) is 0 Å². The number of rotatable bonds is 10. The van der Waals surface area contributed by atoms with Crippen molar-refractivity contribution in [2.45, 2.75) is 97.5 Å². The number of carboxylic acid groups (broad SMARTS) is 1. The van der Waals surface area contributed by atoms with E-state index in [0.29, 0.717) is 18.3 Å². The van der Waals surface area contributed by atoms with Gasteiger partial charge < -0.3 is 10.2 Å².